The summed E-state index contributed by atoms with van der Waals surface area (Å²) in [6.07, 6.45) is 4.79. The smallest absolute Gasteiger partial charge is 0.403 e. The standard InChI is InChI=1S/C8H11O4/c1-2-3-4-5-6-11-8(10)12-7-9/h5-6H,2-4H2,1H3. The molecule has 0 aromatic heterocycles. The summed E-state index contributed by atoms with van der Waals surface area (Å²) in [5.74, 6) is 0. The molecule has 0 rings (SSSR count). The van der Waals surface area contributed by atoms with Crippen LogP contribution in [0.15, 0.2) is 12.3 Å². The van der Waals surface area contributed by atoms with Crippen LogP contribution in [-0.4, -0.2) is 12.6 Å². The average molecular weight is 171 g/mol. The molecule has 0 atom stereocenters. The molecule has 0 aromatic carbocycles. The van der Waals surface area contributed by atoms with Crippen LogP contribution in [0.25, 0.3) is 0 Å². The highest BCUT2D eigenvalue weighted by atomic mass is 16.7. The third-order valence-electron chi connectivity index (χ3n) is 1.11. The second-order valence-electron chi connectivity index (χ2n) is 2.07. The summed E-state index contributed by atoms with van der Waals surface area (Å²) in [6, 6.07) is 0. The summed E-state index contributed by atoms with van der Waals surface area (Å²) in [5.41, 5.74) is 0. The van der Waals surface area contributed by atoms with E-state index in [1.807, 2.05) is 0 Å². The zero-order chi connectivity index (χ0) is 9.23. The van der Waals surface area contributed by atoms with E-state index in [9.17, 15) is 9.59 Å². The van der Waals surface area contributed by atoms with Crippen LogP contribution in [0.5, 0.6) is 0 Å². The van der Waals surface area contributed by atoms with E-state index >= 15 is 0 Å². The highest BCUT2D eigenvalue weighted by Gasteiger charge is 1.98. The number of carbonyl (C=O) groups excluding carboxylic acids is 2. The molecular formula is C8H11O4. The van der Waals surface area contributed by atoms with Gasteiger partial charge in [-0.1, -0.05) is 13.3 Å². The number of allylic oxidation sites excluding steroid dienone is 1. The van der Waals surface area contributed by atoms with Crippen molar-refractivity contribution >= 4 is 12.6 Å². The first-order valence-electron chi connectivity index (χ1n) is 3.71. The molecule has 0 aromatic rings. The number of carbonyl (C=O) groups is 1. The lowest BCUT2D eigenvalue weighted by atomic mass is 10.2. The van der Waals surface area contributed by atoms with Crippen molar-refractivity contribution in [3.05, 3.63) is 12.3 Å². The van der Waals surface area contributed by atoms with Gasteiger partial charge in [-0.3, -0.25) is 0 Å². The van der Waals surface area contributed by atoms with Crippen molar-refractivity contribution < 1.29 is 19.1 Å². The fourth-order valence-electron chi connectivity index (χ4n) is 0.552. The first-order valence-corrected chi connectivity index (χ1v) is 3.71. The van der Waals surface area contributed by atoms with Gasteiger partial charge in [-0.25, -0.2) is 9.59 Å². The van der Waals surface area contributed by atoms with E-state index in [1.54, 1.807) is 6.08 Å². The summed E-state index contributed by atoms with van der Waals surface area (Å²) in [4.78, 5) is 19.8. The van der Waals surface area contributed by atoms with Crippen LogP contribution in [0.1, 0.15) is 26.2 Å². The van der Waals surface area contributed by atoms with Gasteiger partial charge in [0.25, 0.3) is 0 Å². The van der Waals surface area contributed by atoms with E-state index in [1.165, 1.54) is 6.26 Å². The summed E-state index contributed by atoms with van der Waals surface area (Å²) in [5, 5.41) is 0. The van der Waals surface area contributed by atoms with Crippen LogP contribution >= 0.6 is 0 Å². The van der Waals surface area contributed by atoms with Crippen LogP contribution in [0.4, 0.5) is 4.79 Å². The quantitative estimate of drug-likeness (QED) is 0.274. The summed E-state index contributed by atoms with van der Waals surface area (Å²) in [7, 11) is 0. The highest BCUT2D eigenvalue weighted by molar-refractivity contribution is 5.69. The lowest BCUT2D eigenvalue weighted by molar-refractivity contribution is 0.129. The van der Waals surface area contributed by atoms with Crippen LogP contribution < -0.4 is 0 Å². The van der Waals surface area contributed by atoms with Crippen molar-refractivity contribution in [3.8, 4) is 0 Å². The predicted octanol–water partition coefficient (Wildman–Crippen LogP) is 1.91. The topological polar surface area (TPSA) is 52.6 Å². The first-order chi connectivity index (χ1) is 5.81. The fraction of sp³-hybridized carbons (Fsp3) is 0.500. The maximum Gasteiger partial charge on any atom is 0.521 e. The van der Waals surface area contributed by atoms with E-state index < -0.39 is 6.16 Å². The minimum absolute atomic E-state index is 0.842. The molecular weight excluding hydrogens is 160 g/mol. The third-order valence-corrected chi connectivity index (χ3v) is 1.11. The molecule has 1 radical (unpaired) electrons. The van der Waals surface area contributed by atoms with Gasteiger partial charge in [0.15, 0.2) is 0 Å². The molecule has 0 heterocycles. The third kappa shape index (κ3) is 6.80. The van der Waals surface area contributed by atoms with Gasteiger partial charge in [0, 0.05) is 0 Å². The van der Waals surface area contributed by atoms with E-state index in [0.717, 1.165) is 25.7 Å². The van der Waals surface area contributed by atoms with Crippen molar-refractivity contribution in [2.45, 2.75) is 26.2 Å². The molecule has 12 heavy (non-hydrogen) atoms. The molecule has 0 unspecified atom stereocenters. The van der Waals surface area contributed by atoms with Crippen LogP contribution in [-0.2, 0) is 14.3 Å². The maximum atomic E-state index is 10.3. The van der Waals surface area contributed by atoms with Gasteiger partial charge in [-0.05, 0) is 18.9 Å². The minimum Gasteiger partial charge on any atom is -0.403 e. The van der Waals surface area contributed by atoms with Crippen molar-refractivity contribution in [2.75, 3.05) is 0 Å². The van der Waals surface area contributed by atoms with Gasteiger partial charge in [-0.15, -0.1) is 0 Å². The number of hydrogen-bond acceptors (Lipinski definition) is 4. The van der Waals surface area contributed by atoms with Gasteiger partial charge >= 0.3 is 12.6 Å². The predicted molar refractivity (Wildman–Crippen MR) is 41.9 cm³/mol. The average Bonchev–Trinajstić information content (AvgIpc) is 2.05. The lowest BCUT2D eigenvalue weighted by Crippen LogP contribution is -2.00. The Morgan fingerprint density at radius 1 is 1.58 bits per heavy atom. The van der Waals surface area contributed by atoms with E-state index in [-0.39, 0.29) is 0 Å². The van der Waals surface area contributed by atoms with Gasteiger partial charge in [0.2, 0.25) is 0 Å². The first kappa shape index (κ1) is 10.7. The Balaban J connectivity index is 3.33. The van der Waals surface area contributed by atoms with Crippen molar-refractivity contribution in [2.24, 2.45) is 0 Å². The Labute approximate surface area is 71.2 Å². The second-order valence-corrected chi connectivity index (χ2v) is 2.07. The summed E-state index contributed by atoms with van der Waals surface area (Å²) >= 11 is 0. The largest absolute Gasteiger partial charge is 0.521 e. The Kier molecular flexibility index (Phi) is 6.93. The Morgan fingerprint density at radius 2 is 2.33 bits per heavy atom. The number of hydrogen-bond donors (Lipinski definition) is 0. The molecule has 0 saturated carbocycles. The second kappa shape index (κ2) is 7.78. The lowest BCUT2D eigenvalue weighted by Gasteiger charge is -1.92. The molecule has 0 N–H and O–H groups in total. The molecule has 0 aliphatic rings. The molecule has 67 valence electrons. The Hall–Kier alpha value is -1.32. The maximum absolute atomic E-state index is 10.3. The van der Waals surface area contributed by atoms with E-state index in [0.29, 0.717) is 0 Å². The van der Waals surface area contributed by atoms with Gasteiger partial charge in [0.05, 0.1) is 6.26 Å². The molecule has 0 bridgehead atoms. The molecule has 4 heteroatoms. The highest BCUT2D eigenvalue weighted by Crippen LogP contribution is 1.95. The van der Waals surface area contributed by atoms with E-state index in [4.69, 9.17) is 0 Å². The Bertz CT molecular complexity index is 162. The molecule has 0 saturated heterocycles. The summed E-state index contributed by atoms with van der Waals surface area (Å²) in [6.45, 7) is 3.02. The zero-order valence-electron chi connectivity index (χ0n) is 6.91. The van der Waals surface area contributed by atoms with Crippen molar-refractivity contribution in [1.82, 2.24) is 0 Å². The van der Waals surface area contributed by atoms with Gasteiger partial charge in [0.1, 0.15) is 0 Å². The molecule has 0 aliphatic carbocycles. The normalized spacial score (nSPS) is 9.75. The molecule has 4 nitrogen and oxygen atoms in total. The summed E-state index contributed by atoms with van der Waals surface area (Å²) < 4.78 is 8.06. The fourth-order valence-corrected chi connectivity index (χ4v) is 0.552. The number of rotatable bonds is 5. The number of ether oxygens (including phenoxy) is 2. The molecule has 0 spiro atoms. The van der Waals surface area contributed by atoms with E-state index in [2.05, 4.69) is 16.4 Å². The zero-order valence-corrected chi connectivity index (χ0v) is 6.91. The molecule has 0 amide bonds. The van der Waals surface area contributed by atoms with Crippen molar-refractivity contribution in [1.29, 1.82) is 0 Å². The molecule has 0 aliphatic heterocycles. The van der Waals surface area contributed by atoms with Crippen LogP contribution in [0.2, 0.25) is 0 Å². The minimum atomic E-state index is -1.06. The van der Waals surface area contributed by atoms with Gasteiger partial charge < -0.3 is 9.47 Å². The number of unbranched alkanes of at least 4 members (excludes halogenated alkanes) is 2. The van der Waals surface area contributed by atoms with Crippen LogP contribution in [0.3, 0.4) is 0 Å². The van der Waals surface area contributed by atoms with Gasteiger partial charge in [-0.2, -0.15) is 0 Å². The van der Waals surface area contributed by atoms with Crippen molar-refractivity contribution in [3.63, 3.8) is 0 Å². The SMILES string of the molecule is CCCCC=COC(=O)O[C]=O. The Morgan fingerprint density at radius 3 is 2.92 bits per heavy atom. The monoisotopic (exact) mass is 171 g/mol. The van der Waals surface area contributed by atoms with Crippen LogP contribution in [0, 0.1) is 0 Å². The molecule has 0 fully saturated rings.